The number of likely N-dealkylation sites (tertiary alicyclic amines) is 1. The van der Waals surface area contributed by atoms with Gasteiger partial charge in [0, 0.05) is 44.1 Å². The lowest BCUT2D eigenvalue weighted by Crippen LogP contribution is -2.46. The SMILES string of the molecule is CC(=O)N(C)C1CCN(C(=O)c2oc3c(Cl)cccc3c2C)CC1. The van der Waals surface area contributed by atoms with E-state index in [4.69, 9.17) is 16.0 Å². The number of hydrogen-bond donors (Lipinski definition) is 0. The first kappa shape index (κ1) is 16.8. The smallest absolute Gasteiger partial charge is 0.289 e. The Bertz CT molecular complexity index is 791. The van der Waals surface area contributed by atoms with Crippen molar-refractivity contribution in [1.29, 1.82) is 0 Å². The maximum atomic E-state index is 12.8. The molecule has 1 saturated heterocycles. The van der Waals surface area contributed by atoms with Crippen LogP contribution in [-0.4, -0.2) is 47.8 Å². The summed E-state index contributed by atoms with van der Waals surface area (Å²) in [6, 6.07) is 5.71. The lowest BCUT2D eigenvalue weighted by molar-refractivity contribution is -0.130. The van der Waals surface area contributed by atoms with Gasteiger partial charge in [0.05, 0.1) is 5.02 Å². The van der Waals surface area contributed by atoms with Gasteiger partial charge in [0.1, 0.15) is 0 Å². The van der Waals surface area contributed by atoms with Gasteiger partial charge in [-0.15, -0.1) is 0 Å². The number of nitrogens with zero attached hydrogens (tertiary/aromatic N) is 2. The predicted octanol–water partition coefficient (Wildman–Crippen LogP) is 3.48. The largest absolute Gasteiger partial charge is 0.449 e. The molecule has 0 atom stereocenters. The van der Waals surface area contributed by atoms with E-state index in [9.17, 15) is 9.59 Å². The third-order valence-electron chi connectivity index (χ3n) is 4.91. The van der Waals surface area contributed by atoms with Gasteiger partial charge in [-0.3, -0.25) is 9.59 Å². The Morgan fingerprint density at radius 3 is 2.54 bits per heavy atom. The molecule has 0 bridgehead atoms. The number of amides is 2. The zero-order valence-electron chi connectivity index (χ0n) is 14.1. The molecule has 0 unspecified atom stereocenters. The van der Waals surface area contributed by atoms with Gasteiger partial charge in [0.25, 0.3) is 5.91 Å². The number of piperidine rings is 1. The van der Waals surface area contributed by atoms with Crippen LogP contribution in [0, 0.1) is 6.92 Å². The lowest BCUT2D eigenvalue weighted by atomic mass is 10.0. The quantitative estimate of drug-likeness (QED) is 0.835. The van der Waals surface area contributed by atoms with E-state index in [0.29, 0.717) is 29.5 Å². The van der Waals surface area contributed by atoms with Crippen LogP contribution in [0.1, 0.15) is 35.9 Å². The summed E-state index contributed by atoms with van der Waals surface area (Å²) < 4.78 is 5.77. The van der Waals surface area contributed by atoms with Crippen molar-refractivity contribution in [2.45, 2.75) is 32.7 Å². The van der Waals surface area contributed by atoms with Crippen molar-refractivity contribution in [3.8, 4) is 0 Å². The maximum absolute atomic E-state index is 12.8. The highest BCUT2D eigenvalue weighted by Gasteiger charge is 2.29. The Labute approximate surface area is 146 Å². The molecule has 5 nitrogen and oxygen atoms in total. The van der Waals surface area contributed by atoms with Crippen LogP contribution in [0.4, 0.5) is 0 Å². The number of hydrogen-bond acceptors (Lipinski definition) is 3. The minimum Gasteiger partial charge on any atom is -0.449 e. The Balaban J connectivity index is 1.78. The fourth-order valence-electron chi connectivity index (χ4n) is 3.27. The van der Waals surface area contributed by atoms with Crippen molar-refractivity contribution in [3.05, 3.63) is 34.5 Å². The molecular weight excluding hydrogens is 328 g/mol. The van der Waals surface area contributed by atoms with Crippen molar-refractivity contribution < 1.29 is 14.0 Å². The lowest BCUT2D eigenvalue weighted by Gasteiger charge is -2.36. The van der Waals surface area contributed by atoms with Crippen LogP contribution in [-0.2, 0) is 4.79 Å². The van der Waals surface area contributed by atoms with E-state index in [2.05, 4.69) is 0 Å². The van der Waals surface area contributed by atoms with Crippen LogP contribution >= 0.6 is 11.6 Å². The number of carbonyl (C=O) groups is 2. The van der Waals surface area contributed by atoms with Crippen LogP contribution in [0.3, 0.4) is 0 Å². The highest BCUT2D eigenvalue weighted by molar-refractivity contribution is 6.35. The Kier molecular flexibility index (Phi) is 4.54. The van der Waals surface area contributed by atoms with E-state index in [1.54, 1.807) is 22.8 Å². The summed E-state index contributed by atoms with van der Waals surface area (Å²) in [6.07, 6.45) is 1.56. The van der Waals surface area contributed by atoms with Crippen LogP contribution in [0.2, 0.25) is 5.02 Å². The molecule has 0 saturated carbocycles. The monoisotopic (exact) mass is 348 g/mol. The minimum absolute atomic E-state index is 0.0579. The van der Waals surface area contributed by atoms with Crippen molar-refractivity contribution in [1.82, 2.24) is 9.80 Å². The number of carbonyl (C=O) groups excluding carboxylic acids is 2. The molecule has 3 rings (SSSR count). The molecule has 6 heteroatoms. The van der Waals surface area contributed by atoms with Crippen molar-refractivity contribution >= 4 is 34.4 Å². The second-order valence-electron chi connectivity index (χ2n) is 6.33. The average Bonchev–Trinajstić information content (AvgIpc) is 2.92. The van der Waals surface area contributed by atoms with Crippen molar-refractivity contribution in [2.75, 3.05) is 20.1 Å². The van der Waals surface area contributed by atoms with Crippen LogP contribution in [0.25, 0.3) is 11.0 Å². The van der Waals surface area contributed by atoms with Crippen molar-refractivity contribution in [3.63, 3.8) is 0 Å². The number of rotatable bonds is 2. The summed E-state index contributed by atoms with van der Waals surface area (Å²) in [6.45, 7) is 4.68. The molecule has 128 valence electrons. The van der Waals surface area contributed by atoms with Gasteiger partial charge in [-0.25, -0.2) is 0 Å². The number of halogens is 1. The fraction of sp³-hybridized carbons (Fsp3) is 0.444. The van der Waals surface area contributed by atoms with Gasteiger partial charge in [-0.2, -0.15) is 0 Å². The van der Waals surface area contributed by atoms with E-state index < -0.39 is 0 Å². The molecule has 2 heterocycles. The van der Waals surface area contributed by atoms with E-state index in [1.165, 1.54) is 0 Å². The van der Waals surface area contributed by atoms with Gasteiger partial charge >= 0.3 is 0 Å². The molecule has 0 radical (unpaired) electrons. The normalized spacial score (nSPS) is 15.8. The first-order valence-corrected chi connectivity index (χ1v) is 8.48. The molecule has 1 aromatic heterocycles. The van der Waals surface area contributed by atoms with Crippen LogP contribution < -0.4 is 0 Å². The minimum atomic E-state index is -0.108. The first-order valence-electron chi connectivity index (χ1n) is 8.10. The Morgan fingerprint density at radius 1 is 1.29 bits per heavy atom. The van der Waals surface area contributed by atoms with Crippen molar-refractivity contribution in [2.24, 2.45) is 0 Å². The maximum Gasteiger partial charge on any atom is 0.289 e. The topological polar surface area (TPSA) is 53.8 Å². The number of benzene rings is 1. The third-order valence-corrected chi connectivity index (χ3v) is 5.20. The van der Waals surface area contributed by atoms with Gasteiger partial charge in [-0.05, 0) is 25.8 Å². The molecule has 24 heavy (non-hydrogen) atoms. The van der Waals surface area contributed by atoms with Crippen LogP contribution in [0.5, 0.6) is 0 Å². The summed E-state index contributed by atoms with van der Waals surface area (Å²) in [5.41, 5.74) is 1.38. The Morgan fingerprint density at radius 2 is 1.96 bits per heavy atom. The second kappa shape index (κ2) is 6.48. The second-order valence-corrected chi connectivity index (χ2v) is 6.73. The number of aryl methyl sites for hydroxylation is 1. The predicted molar refractivity (Wildman–Crippen MR) is 93.3 cm³/mol. The highest BCUT2D eigenvalue weighted by atomic mass is 35.5. The zero-order valence-corrected chi connectivity index (χ0v) is 14.9. The molecule has 0 N–H and O–H groups in total. The molecule has 0 spiro atoms. The third kappa shape index (κ3) is 2.88. The molecular formula is C18H21ClN2O3. The van der Waals surface area contributed by atoms with Gasteiger partial charge in [0.15, 0.2) is 11.3 Å². The van der Waals surface area contributed by atoms with E-state index in [1.807, 2.05) is 26.1 Å². The highest BCUT2D eigenvalue weighted by Crippen LogP contribution is 2.31. The van der Waals surface area contributed by atoms with Gasteiger partial charge in [-0.1, -0.05) is 23.7 Å². The summed E-state index contributed by atoms with van der Waals surface area (Å²) in [5.74, 6) is 0.308. The fourth-order valence-corrected chi connectivity index (χ4v) is 3.48. The summed E-state index contributed by atoms with van der Waals surface area (Å²) in [5, 5.41) is 1.38. The first-order chi connectivity index (χ1) is 11.4. The zero-order chi connectivity index (χ0) is 17.4. The number of furan rings is 1. The van der Waals surface area contributed by atoms with Gasteiger partial charge in [0.2, 0.25) is 5.91 Å². The summed E-state index contributed by atoms with van der Waals surface area (Å²) >= 11 is 6.16. The molecule has 2 amide bonds. The number of fused-ring (bicyclic) bond motifs is 1. The molecule has 1 aromatic carbocycles. The van der Waals surface area contributed by atoms with E-state index in [-0.39, 0.29) is 17.9 Å². The van der Waals surface area contributed by atoms with Gasteiger partial charge < -0.3 is 14.2 Å². The molecule has 1 aliphatic heterocycles. The summed E-state index contributed by atoms with van der Waals surface area (Å²) in [4.78, 5) is 27.8. The average molecular weight is 349 g/mol. The van der Waals surface area contributed by atoms with E-state index in [0.717, 1.165) is 23.8 Å². The number of para-hydroxylation sites is 1. The molecule has 2 aromatic rings. The standard InChI is InChI=1S/C18H21ClN2O3/c1-11-14-5-4-6-15(19)17(14)24-16(11)18(23)21-9-7-13(8-10-21)20(3)12(2)22/h4-6,13H,7-10H2,1-3H3. The Hall–Kier alpha value is -2.01. The molecule has 0 aliphatic carbocycles. The van der Waals surface area contributed by atoms with E-state index >= 15 is 0 Å². The van der Waals surface area contributed by atoms with Crippen LogP contribution in [0.15, 0.2) is 22.6 Å². The molecule has 1 aliphatic rings. The summed E-state index contributed by atoms with van der Waals surface area (Å²) in [7, 11) is 1.82. The molecule has 1 fully saturated rings.